The normalized spacial score (nSPS) is 11.1. The van der Waals surface area contributed by atoms with Gasteiger partial charge in [0.15, 0.2) is 0 Å². The van der Waals surface area contributed by atoms with Crippen molar-refractivity contribution in [3.8, 4) is 17.2 Å². The highest BCUT2D eigenvalue weighted by molar-refractivity contribution is 5.71. The van der Waals surface area contributed by atoms with E-state index in [-0.39, 0.29) is 12.0 Å². The Morgan fingerprint density at radius 3 is 2.37 bits per heavy atom. The van der Waals surface area contributed by atoms with Crippen LogP contribution in [0.1, 0.15) is 11.1 Å². The molecule has 0 N–H and O–H groups in total. The SMILES string of the molecule is N#CCc1cccc(C(F)(F)F)c1-c1ccncc1. The molecule has 0 aliphatic carbocycles. The Labute approximate surface area is 108 Å². The van der Waals surface area contributed by atoms with E-state index in [9.17, 15) is 13.2 Å². The quantitative estimate of drug-likeness (QED) is 0.824. The standard InChI is InChI=1S/C14H9F3N2/c15-14(16,17)12-3-1-2-10(4-7-18)13(12)11-5-8-19-9-6-11/h1-3,5-6,8-9H,4H2. The summed E-state index contributed by atoms with van der Waals surface area (Å²) in [5.74, 6) is 0. The third-order valence-electron chi connectivity index (χ3n) is 2.69. The van der Waals surface area contributed by atoms with Crippen molar-refractivity contribution in [1.29, 1.82) is 5.26 Å². The van der Waals surface area contributed by atoms with Crippen LogP contribution in [0.3, 0.4) is 0 Å². The third kappa shape index (κ3) is 2.74. The van der Waals surface area contributed by atoms with Crippen molar-refractivity contribution in [2.24, 2.45) is 0 Å². The van der Waals surface area contributed by atoms with Gasteiger partial charge in [-0.05, 0) is 34.9 Å². The van der Waals surface area contributed by atoms with Crippen LogP contribution in [0, 0.1) is 11.3 Å². The zero-order valence-corrected chi connectivity index (χ0v) is 9.78. The van der Waals surface area contributed by atoms with E-state index in [2.05, 4.69) is 4.98 Å². The largest absolute Gasteiger partial charge is 0.417 e. The summed E-state index contributed by atoms with van der Waals surface area (Å²) in [6.07, 6.45) is -1.66. The lowest BCUT2D eigenvalue weighted by Gasteiger charge is -2.15. The first kappa shape index (κ1) is 13.1. The molecule has 0 bridgehead atoms. The van der Waals surface area contributed by atoms with Gasteiger partial charge in [-0.2, -0.15) is 18.4 Å². The summed E-state index contributed by atoms with van der Waals surface area (Å²) in [7, 11) is 0. The summed E-state index contributed by atoms with van der Waals surface area (Å²) in [5, 5.41) is 8.74. The van der Waals surface area contributed by atoms with Crippen molar-refractivity contribution in [2.75, 3.05) is 0 Å². The smallest absolute Gasteiger partial charge is 0.265 e. The Bertz CT molecular complexity index is 613. The van der Waals surface area contributed by atoms with Gasteiger partial charge in [0.2, 0.25) is 0 Å². The molecule has 2 nitrogen and oxygen atoms in total. The number of hydrogen-bond acceptors (Lipinski definition) is 2. The van der Waals surface area contributed by atoms with Crippen LogP contribution in [0.5, 0.6) is 0 Å². The predicted octanol–water partition coefficient (Wildman–Crippen LogP) is 3.83. The van der Waals surface area contributed by atoms with Crippen LogP contribution < -0.4 is 0 Å². The Morgan fingerprint density at radius 2 is 1.79 bits per heavy atom. The molecule has 2 rings (SSSR count). The number of aromatic nitrogens is 1. The molecule has 19 heavy (non-hydrogen) atoms. The van der Waals surface area contributed by atoms with Crippen molar-refractivity contribution in [1.82, 2.24) is 4.98 Å². The second-order valence-corrected chi connectivity index (χ2v) is 3.91. The number of alkyl halides is 3. The van der Waals surface area contributed by atoms with E-state index >= 15 is 0 Å². The molecule has 1 aromatic heterocycles. The van der Waals surface area contributed by atoms with E-state index in [1.54, 1.807) is 0 Å². The molecular formula is C14H9F3N2. The van der Waals surface area contributed by atoms with Crippen molar-refractivity contribution in [3.05, 3.63) is 53.9 Å². The molecule has 0 aliphatic heterocycles. The fourth-order valence-electron chi connectivity index (χ4n) is 1.93. The van der Waals surface area contributed by atoms with Crippen LogP contribution >= 0.6 is 0 Å². The number of pyridine rings is 1. The maximum Gasteiger partial charge on any atom is 0.417 e. The van der Waals surface area contributed by atoms with E-state index in [0.717, 1.165) is 6.07 Å². The van der Waals surface area contributed by atoms with E-state index in [1.807, 2.05) is 6.07 Å². The number of halogens is 3. The minimum Gasteiger partial charge on any atom is -0.265 e. The summed E-state index contributed by atoms with van der Waals surface area (Å²) in [6.45, 7) is 0. The fraction of sp³-hybridized carbons (Fsp3) is 0.143. The van der Waals surface area contributed by atoms with E-state index in [4.69, 9.17) is 5.26 Å². The van der Waals surface area contributed by atoms with Gasteiger partial charge >= 0.3 is 6.18 Å². The fourth-order valence-corrected chi connectivity index (χ4v) is 1.93. The van der Waals surface area contributed by atoms with E-state index < -0.39 is 11.7 Å². The Balaban J connectivity index is 2.71. The first-order chi connectivity index (χ1) is 9.04. The van der Waals surface area contributed by atoms with Gasteiger partial charge in [0.1, 0.15) is 0 Å². The molecule has 96 valence electrons. The number of hydrogen-bond donors (Lipinski definition) is 0. The molecule has 0 radical (unpaired) electrons. The van der Waals surface area contributed by atoms with Crippen LogP contribution in [-0.4, -0.2) is 4.98 Å². The van der Waals surface area contributed by atoms with Gasteiger partial charge in [0, 0.05) is 12.4 Å². The number of nitriles is 1. The minimum absolute atomic E-state index is 0.0546. The van der Waals surface area contributed by atoms with Gasteiger partial charge in [-0.3, -0.25) is 4.98 Å². The zero-order chi connectivity index (χ0) is 13.9. The van der Waals surface area contributed by atoms with Crippen molar-refractivity contribution in [3.63, 3.8) is 0 Å². The van der Waals surface area contributed by atoms with Crippen LogP contribution in [-0.2, 0) is 12.6 Å². The van der Waals surface area contributed by atoms with Gasteiger partial charge in [0.25, 0.3) is 0 Å². The summed E-state index contributed by atoms with van der Waals surface area (Å²) in [6, 6.07) is 8.78. The summed E-state index contributed by atoms with van der Waals surface area (Å²) < 4.78 is 39.2. The van der Waals surface area contributed by atoms with Crippen LogP contribution in [0.4, 0.5) is 13.2 Å². The Kier molecular flexibility index (Phi) is 3.52. The molecule has 0 atom stereocenters. The first-order valence-electron chi connectivity index (χ1n) is 5.50. The molecule has 0 unspecified atom stereocenters. The Morgan fingerprint density at radius 1 is 1.11 bits per heavy atom. The molecule has 0 aliphatic rings. The summed E-state index contributed by atoms with van der Waals surface area (Å²) in [5.41, 5.74) is 0.0992. The van der Waals surface area contributed by atoms with Crippen LogP contribution in [0.2, 0.25) is 0 Å². The van der Waals surface area contributed by atoms with Crippen LogP contribution in [0.15, 0.2) is 42.7 Å². The van der Waals surface area contributed by atoms with Crippen LogP contribution in [0.25, 0.3) is 11.1 Å². The number of rotatable bonds is 2. The highest BCUT2D eigenvalue weighted by Crippen LogP contribution is 2.38. The highest BCUT2D eigenvalue weighted by atomic mass is 19.4. The van der Waals surface area contributed by atoms with Gasteiger partial charge < -0.3 is 0 Å². The van der Waals surface area contributed by atoms with Gasteiger partial charge in [0.05, 0.1) is 18.1 Å². The second kappa shape index (κ2) is 5.11. The third-order valence-corrected chi connectivity index (χ3v) is 2.69. The first-order valence-corrected chi connectivity index (χ1v) is 5.50. The highest BCUT2D eigenvalue weighted by Gasteiger charge is 2.34. The predicted molar refractivity (Wildman–Crippen MR) is 64.0 cm³/mol. The zero-order valence-electron chi connectivity index (χ0n) is 9.78. The van der Waals surface area contributed by atoms with Crippen molar-refractivity contribution < 1.29 is 13.2 Å². The lowest BCUT2D eigenvalue weighted by molar-refractivity contribution is -0.137. The molecule has 0 fully saturated rings. The lowest BCUT2D eigenvalue weighted by atomic mass is 9.93. The minimum atomic E-state index is -4.45. The molecule has 2 aromatic rings. The molecule has 0 spiro atoms. The summed E-state index contributed by atoms with van der Waals surface area (Å²) in [4.78, 5) is 3.79. The molecule has 0 saturated heterocycles. The van der Waals surface area contributed by atoms with Gasteiger partial charge in [-0.25, -0.2) is 0 Å². The van der Waals surface area contributed by atoms with E-state index in [0.29, 0.717) is 11.1 Å². The molecule has 1 aromatic carbocycles. The molecule has 1 heterocycles. The number of nitrogens with zero attached hydrogens (tertiary/aromatic N) is 2. The molecule has 0 amide bonds. The van der Waals surface area contributed by atoms with Gasteiger partial charge in [-0.1, -0.05) is 12.1 Å². The monoisotopic (exact) mass is 262 g/mol. The Hall–Kier alpha value is -2.35. The lowest BCUT2D eigenvalue weighted by Crippen LogP contribution is -2.09. The second-order valence-electron chi connectivity index (χ2n) is 3.91. The topological polar surface area (TPSA) is 36.7 Å². The van der Waals surface area contributed by atoms with Crippen molar-refractivity contribution >= 4 is 0 Å². The van der Waals surface area contributed by atoms with Gasteiger partial charge in [-0.15, -0.1) is 0 Å². The number of benzene rings is 1. The summed E-state index contributed by atoms with van der Waals surface area (Å²) >= 11 is 0. The van der Waals surface area contributed by atoms with Crippen molar-refractivity contribution in [2.45, 2.75) is 12.6 Å². The molecular weight excluding hydrogens is 253 g/mol. The average Bonchev–Trinajstić information content (AvgIpc) is 2.39. The average molecular weight is 262 g/mol. The maximum absolute atomic E-state index is 13.1. The van der Waals surface area contributed by atoms with E-state index in [1.165, 1.54) is 36.7 Å². The molecule has 5 heteroatoms. The maximum atomic E-state index is 13.1. The molecule has 0 saturated carbocycles.